The van der Waals surface area contributed by atoms with Crippen molar-refractivity contribution in [2.24, 2.45) is 0 Å². The average Bonchev–Trinajstić information content (AvgIpc) is 3.13. The number of pyridine rings is 1. The van der Waals surface area contributed by atoms with Gasteiger partial charge < -0.3 is 20.2 Å². The Balaban J connectivity index is 1.39. The highest BCUT2D eigenvalue weighted by Crippen LogP contribution is 2.20. The van der Waals surface area contributed by atoms with Gasteiger partial charge in [0.05, 0.1) is 12.2 Å². The Morgan fingerprint density at radius 1 is 1.16 bits per heavy atom. The van der Waals surface area contributed by atoms with Gasteiger partial charge in [-0.05, 0) is 60.9 Å². The Labute approximate surface area is 189 Å². The van der Waals surface area contributed by atoms with E-state index in [1.165, 1.54) is 22.8 Å². The van der Waals surface area contributed by atoms with Crippen molar-refractivity contribution in [2.45, 2.75) is 25.9 Å². The Hall–Kier alpha value is -3.58. The molecule has 0 bridgehead atoms. The largest absolute Gasteiger partial charge is 0.361 e. The number of H-pyrrole nitrogens is 1. The van der Waals surface area contributed by atoms with Crippen molar-refractivity contribution in [1.82, 2.24) is 14.9 Å². The average molecular weight is 453 g/mol. The zero-order valence-electron chi connectivity index (χ0n) is 17.4. The van der Waals surface area contributed by atoms with Gasteiger partial charge in [0, 0.05) is 40.4 Å². The molecule has 6 nitrogen and oxygen atoms in total. The van der Waals surface area contributed by atoms with Gasteiger partial charge in [-0.3, -0.25) is 4.79 Å². The number of anilines is 1. The Morgan fingerprint density at radius 2 is 1.94 bits per heavy atom. The molecule has 0 spiro atoms. The van der Waals surface area contributed by atoms with E-state index < -0.39 is 0 Å². The number of benzene rings is 2. The number of halogens is 2. The van der Waals surface area contributed by atoms with Crippen molar-refractivity contribution in [3.63, 3.8) is 0 Å². The number of rotatable bonds is 6. The van der Waals surface area contributed by atoms with Crippen LogP contribution in [0, 0.1) is 5.82 Å². The number of aromatic nitrogens is 2. The third kappa shape index (κ3) is 5.18. The van der Waals surface area contributed by atoms with E-state index in [1.807, 2.05) is 25.3 Å². The molecule has 2 aromatic heterocycles. The fourth-order valence-electron chi connectivity index (χ4n) is 3.61. The third-order valence-corrected chi connectivity index (χ3v) is 5.39. The molecule has 3 N–H and O–H groups in total. The lowest BCUT2D eigenvalue weighted by atomic mass is 10.1. The molecule has 0 aliphatic carbocycles. The van der Waals surface area contributed by atoms with Crippen LogP contribution in [0.15, 0.2) is 71.8 Å². The number of carbonyl (C=O) groups excluding carboxylic acids is 1. The quantitative estimate of drug-likeness (QED) is 0.388. The second-order valence-electron chi connectivity index (χ2n) is 7.72. The molecular formula is C24H22ClFN4O2. The smallest absolute Gasteiger partial charge is 0.319 e. The summed E-state index contributed by atoms with van der Waals surface area (Å²) in [6.07, 6.45) is 3.96. The van der Waals surface area contributed by atoms with Crippen LogP contribution in [-0.2, 0) is 13.0 Å². The summed E-state index contributed by atoms with van der Waals surface area (Å²) in [5.74, 6) is -0.301. The van der Waals surface area contributed by atoms with Gasteiger partial charge in [0.1, 0.15) is 5.82 Å². The van der Waals surface area contributed by atoms with E-state index in [0.717, 1.165) is 22.0 Å². The van der Waals surface area contributed by atoms with Crippen molar-refractivity contribution in [1.29, 1.82) is 0 Å². The van der Waals surface area contributed by atoms with E-state index in [2.05, 4.69) is 15.6 Å². The third-order valence-electron chi connectivity index (χ3n) is 5.14. The molecule has 8 heteroatoms. The first-order valence-electron chi connectivity index (χ1n) is 10.2. The highest BCUT2D eigenvalue weighted by molar-refractivity contribution is 6.30. The number of hydrogen-bond donors (Lipinski definition) is 3. The molecule has 1 unspecified atom stereocenters. The number of fused-ring (bicyclic) bond motifs is 1. The van der Waals surface area contributed by atoms with Crippen molar-refractivity contribution in [2.75, 3.05) is 5.32 Å². The molecule has 0 fully saturated rings. The maximum atomic E-state index is 13.6. The predicted octanol–water partition coefficient (Wildman–Crippen LogP) is 4.92. The number of carbonyl (C=O) groups is 1. The topological polar surface area (TPSA) is 78.9 Å². The minimum atomic E-state index is -0.389. The molecule has 2 heterocycles. The van der Waals surface area contributed by atoms with Crippen molar-refractivity contribution in [3.05, 3.63) is 99.3 Å². The number of aromatic amines is 1. The highest BCUT2D eigenvalue weighted by Gasteiger charge is 2.12. The Kier molecular flexibility index (Phi) is 6.28. The summed E-state index contributed by atoms with van der Waals surface area (Å²) < 4.78 is 15.1. The van der Waals surface area contributed by atoms with Gasteiger partial charge in [0.15, 0.2) is 0 Å². The summed E-state index contributed by atoms with van der Waals surface area (Å²) in [5, 5.41) is 7.06. The van der Waals surface area contributed by atoms with Crippen LogP contribution in [0.25, 0.3) is 10.9 Å². The summed E-state index contributed by atoms with van der Waals surface area (Å²) >= 11 is 5.91. The number of amides is 2. The van der Waals surface area contributed by atoms with Crippen LogP contribution in [0.1, 0.15) is 18.1 Å². The summed E-state index contributed by atoms with van der Waals surface area (Å²) in [6.45, 7) is 2.24. The molecule has 164 valence electrons. The number of hydrogen-bond acceptors (Lipinski definition) is 2. The van der Waals surface area contributed by atoms with Crippen LogP contribution in [0.4, 0.5) is 14.9 Å². The molecule has 4 rings (SSSR count). The fourth-order valence-corrected chi connectivity index (χ4v) is 3.73. The first-order chi connectivity index (χ1) is 15.4. The van der Waals surface area contributed by atoms with Gasteiger partial charge in [-0.15, -0.1) is 0 Å². The second-order valence-corrected chi connectivity index (χ2v) is 8.15. The van der Waals surface area contributed by atoms with Crippen molar-refractivity contribution >= 4 is 34.2 Å². The highest BCUT2D eigenvalue weighted by atomic mass is 35.5. The van der Waals surface area contributed by atoms with Gasteiger partial charge in [-0.25, -0.2) is 9.18 Å². The number of nitrogens with one attached hydrogen (secondary N) is 3. The summed E-state index contributed by atoms with van der Waals surface area (Å²) in [4.78, 5) is 27.8. The molecule has 2 amide bonds. The summed E-state index contributed by atoms with van der Waals surface area (Å²) in [5.41, 5.74) is 3.01. The molecule has 32 heavy (non-hydrogen) atoms. The van der Waals surface area contributed by atoms with Crippen molar-refractivity contribution < 1.29 is 9.18 Å². The lowest BCUT2D eigenvalue weighted by Crippen LogP contribution is -2.37. The molecule has 0 saturated carbocycles. The van der Waals surface area contributed by atoms with Crippen LogP contribution in [-0.4, -0.2) is 21.6 Å². The van der Waals surface area contributed by atoms with Gasteiger partial charge in [-0.2, -0.15) is 0 Å². The minimum absolute atomic E-state index is 0.175. The monoisotopic (exact) mass is 452 g/mol. The lowest BCUT2D eigenvalue weighted by molar-refractivity contribution is 0.249. The van der Waals surface area contributed by atoms with Crippen LogP contribution < -0.4 is 16.2 Å². The van der Waals surface area contributed by atoms with E-state index in [1.54, 1.807) is 30.5 Å². The van der Waals surface area contributed by atoms with Gasteiger partial charge in [0.2, 0.25) is 0 Å². The molecule has 0 radical (unpaired) electrons. The van der Waals surface area contributed by atoms with Crippen LogP contribution >= 0.6 is 11.6 Å². The van der Waals surface area contributed by atoms with E-state index in [0.29, 0.717) is 23.7 Å². The fraction of sp³-hybridized carbons (Fsp3) is 0.167. The maximum Gasteiger partial charge on any atom is 0.319 e. The summed E-state index contributed by atoms with van der Waals surface area (Å²) in [6, 6.07) is 14.2. The van der Waals surface area contributed by atoms with Crippen LogP contribution in [0.5, 0.6) is 0 Å². The number of nitrogens with zero attached hydrogens (tertiary/aromatic N) is 1. The zero-order valence-corrected chi connectivity index (χ0v) is 18.1. The molecule has 0 aliphatic rings. The normalized spacial score (nSPS) is 12.0. The molecule has 0 saturated heterocycles. The molecule has 2 aromatic carbocycles. The van der Waals surface area contributed by atoms with Crippen LogP contribution in [0.3, 0.4) is 0 Å². The Bertz CT molecular complexity index is 1310. The van der Waals surface area contributed by atoms with E-state index in [4.69, 9.17) is 11.6 Å². The second kappa shape index (κ2) is 9.28. The van der Waals surface area contributed by atoms with E-state index >= 15 is 0 Å². The van der Waals surface area contributed by atoms with Gasteiger partial charge >= 0.3 is 6.03 Å². The molecule has 0 aliphatic heterocycles. The number of urea groups is 1. The standard InChI is InChI=1S/C24H22ClFN4O2/c1-15(10-17-12-27-22-8-6-19(26)11-21(17)22)28-24(32)29-20-7-9-23(31)30(14-20)13-16-2-4-18(25)5-3-16/h2-9,11-12,14-15,27H,10,13H2,1H3,(H2,28,29,32). The Morgan fingerprint density at radius 3 is 2.72 bits per heavy atom. The zero-order chi connectivity index (χ0) is 22.7. The first-order valence-corrected chi connectivity index (χ1v) is 10.5. The summed E-state index contributed by atoms with van der Waals surface area (Å²) in [7, 11) is 0. The van der Waals surface area contributed by atoms with Gasteiger partial charge in [0.25, 0.3) is 5.56 Å². The molecule has 4 aromatic rings. The molecular weight excluding hydrogens is 431 g/mol. The predicted molar refractivity (Wildman–Crippen MR) is 125 cm³/mol. The maximum absolute atomic E-state index is 13.6. The molecule has 1 atom stereocenters. The minimum Gasteiger partial charge on any atom is -0.361 e. The first kappa shape index (κ1) is 21.6. The van der Waals surface area contributed by atoms with Crippen molar-refractivity contribution in [3.8, 4) is 0 Å². The lowest BCUT2D eigenvalue weighted by Gasteiger charge is -2.15. The van der Waals surface area contributed by atoms with Crippen LogP contribution in [0.2, 0.25) is 5.02 Å². The van der Waals surface area contributed by atoms with E-state index in [-0.39, 0.29) is 23.4 Å². The SMILES string of the molecule is CC(Cc1c[nH]c2ccc(F)cc12)NC(=O)Nc1ccc(=O)n(Cc2ccc(Cl)cc2)c1. The van der Waals surface area contributed by atoms with Gasteiger partial charge in [-0.1, -0.05) is 23.7 Å². The van der Waals surface area contributed by atoms with E-state index in [9.17, 15) is 14.0 Å².